The van der Waals surface area contributed by atoms with Gasteiger partial charge in [0.15, 0.2) is 0 Å². The normalized spacial score (nSPS) is 40.8. The summed E-state index contributed by atoms with van der Waals surface area (Å²) in [5, 5.41) is 0. The molecule has 0 N–H and O–H groups in total. The summed E-state index contributed by atoms with van der Waals surface area (Å²) in [6.07, 6.45) is 8.13. The number of carbonyl (C=O) groups excluding carboxylic acids is 1. The lowest BCUT2D eigenvalue weighted by Gasteiger charge is -2.56. The van der Waals surface area contributed by atoms with Crippen LogP contribution in [0.4, 0.5) is 0 Å². The number of carbonyl (C=O) groups is 1. The zero-order valence-corrected chi connectivity index (χ0v) is 20.1. The maximum absolute atomic E-state index is 12.8. The van der Waals surface area contributed by atoms with Crippen LogP contribution in [0.2, 0.25) is 0 Å². The molecule has 2 unspecified atom stereocenters. The molecule has 1 saturated heterocycles. The fourth-order valence-electron chi connectivity index (χ4n) is 8.10. The Bertz CT molecular complexity index is 830. The number of benzene rings is 1. The van der Waals surface area contributed by atoms with Crippen LogP contribution >= 0.6 is 0 Å². The smallest absolute Gasteiger partial charge is 0.308 e. The van der Waals surface area contributed by atoms with Gasteiger partial charge in [0.05, 0.1) is 31.3 Å². The van der Waals surface area contributed by atoms with Gasteiger partial charge in [-0.05, 0) is 86.7 Å². The van der Waals surface area contributed by atoms with Gasteiger partial charge in [-0.2, -0.15) is 0 Å². The second-order valence-corrected chi connectivity index (χ2v) is 11.1. The van der Waals surface area contributed by atoms with Crippen molar-refractivity contribution in [3.63, 3.8) is 0 Å². The highest BCUT2D eigenvalue weighted by Gasteiger charge is 2.64. The largest absolute Gasteiger partial charge is 0.466 e. The SMILES string of the molecule is CCOC(=O)C[C@@]1(OC2CCCOC2)CC[C@H]2[C@@H]3C(C)Cc4ccccc4[C@H]3CC[C@@]21C. The first kappa shape index (κ1) is 22.4. The molecule has 176 valence electrons. The molecule has 0 bridgehead atoms. The minimum atomic E-state index is -0.434. The van der Waals surface area contributed by atoms with Crippen molar-refractivity contribution in [3.05, 3.63) is 35.4 Å². The molecule has 0 spiro atoms. The fourth-order valence-corrected chi connectivity index (χ4v) is 8.10. The Morgan fingerprint density at radius 3 is 2.81 bits per heavy atom. The van der Waals surface area contributed by atoms with Crippen molar-refractivity contribution in [1.82, 2.24) is 0 Å². The third-order valence-electron chi connectivity index (χ3n) is 9.52. The van der Waals surface area contributed by atoms with Crippen LogP contribution in [0.3, 0.4) is 0 Å². The Morgan fingerprint density at radius 2 is 2.03 bits per heavy atom. The van der Waals surface area contributed by atoms with Crippen molar-refractivity contribution in [3.8, 4) is 0 Å². The van der Waals surface area contributed by atoms with E-state index in [0.717, 1.165) is 38.7 Å². The van der Waals surface area contributed by atoms with Gasteiger partial charge >= 0.3 is 5.97 Å². The lowest BCUT2D eigenvalue weighted by Crippen LogP contribution is -2.56. The summed E-state index contributed by atoms with van der Waals surface area (Å²) in [5.41, 5.74) is 2.70. The number of hydrogen-bond acceptors (Lipinski definition) is 4. The van der Waals surface area contributed by atoms with Crippen molar-refractivity contribution in [2.45, 2.75) is 89.8 Å². The van der Waals surface area contributed by atoms with E-state index in [1.54, 1.807) is 11.1 Å². The molecule has 3 aliphatic carbocycles. The predicted molar refractivity (Wildman–Crippen MR) is 125 cm³/mol. The van der Waals surface area contributed by atoms with E-state index in [2.05, 4.69) is 38.1 Å². The van der Waals surface area contributed by atoms with E-state index >= 15 is 0 Å². The first-order chi connectivity index (χ1) is 15.5. The van der Waals surface area contributed by atoms with Crippen LogP contribution in [0, 0.1) is 23.2 Å². The molecular formula is C28H40O4. The highest BCUT2D eigenvalue weighted by atomic mass is 16.6. The molecule has 3 fully saturated rings. The lowest BCUT2D eigenvalue weighted by atomic mass is 9.50. The summed E-state index contributed by atoms with van der Waals surface area (Å²) in [6, 6.07) is 9.12. The van der Waals surface area contributed by atoms with Crippen molar-refractivity contribution < 1.29 is 19.0 Å². The highest BCUT2D eigenvalue weighted by molar-refractivity contribution is 5.71. The van der Waals surface area contributed by atoms with Gasteiger partial charge in [0, 0.05) is 12.0 Å². The quantitative estimate of drug-likeness (QED) is 0.553. The van der Waals surface area contributed by atoms with E-state index < -0.39 is 5.60 Å². The third-order valence-corrected chi connectivity index (χ3v) is 9.52. The highest BCUT2D eigenvalue weighted by Crippen LogP contribution is 2.67. The Hall–Kier alpha value is -1.39. The maximum Gasteiger partial charge on any atom is 0.308 e. The molecule has 1 aliphatic heterocycles. The first-order valence-electron chi connectivity index (χ1n) is 13.0. The van der Waals surface area contributed by atoms with Crippen LogP contribution in [0.1, 0.15) is 82.8 Å². The standard InChI is InChI=1S/C28H40O4/c1-4-31-25(29)17-28(32-21-9-7-15-30-18-21)14-12-24-26-19(2)16-20-8-5-6-10-22(20)23(26)11-13-27(24,28)3/h5-6,8,10,19,21,23-24,26H,4,7,9,11-18H2,1-3H3/t19?,21?,23-,24+,26-,27+,28+/m1/s1. The van der Waals surface area contributed by atoms with Crippen molar-refractivity contribution in [2.24, 2.45) is 23.2 Å². The molecule has 0 aromatic heterocycles. The molecule has 4 aliphatic rings. The Labute approximate surface area is 193 Å². The van der Waals surface area contributed by atoms with Crippen LogP contribution in [0.15, 0.2) is 24.3 Å². The van der Waals surface area contributed by atoms with Crippen molar-refractivity contribution >= 4 is 5.97 Å². The Balaban J connectivity index is 1.47. The van der Waals surface area contributed by atoms with E-state index in [-0.39, 0.29) is 17.5 Å². The van der Waals surface area contributed by atoms with Crippen LogP contribution in [0.5, 0.6) is 0 Å². The van der Waals surface area contributed by atoms with Gasteiger partial charge in [-0.3, -0.25) is 4.79 Å². The molecule has 4 heteroatoms. The summed E-state index contributed by atoms with van der Waals surface area (Å²) < 4.78 is 18.2. The van der Waals surface area contributed by atoms with Crippen molar-refractivity contribution in [1.29, 1.82) is 0 Å². The second-order valence-electron chi connectivity index (χ2n) is 11.1. The summed E-state index contributed by atoms with van der Waals surface area (Å²) in [6.45, 7) is 8.70. The maximum atomic E-state index is 12.8. The first-order valence-corrected chi connectivity index (χ1v) is 13.0. The van der Waals surface area contributed by atoms with Gasteiger partial charge in [0.25, 0.3) is 0 Å². The van der Waals surface area contributed by atoms with Crippen LogP contribution < -0.4 is 0 Å². The lowest BCUT2D eigenvalue weighted by molar-refractivity contribution is -0.206. The van der Waals surface area contributed by atoms with Gasteiger partial charge in [0.1, 0.15) is 0 Å². The molecule has 7 atom stereocenters. The van der Waals surface area contributed by atoms with Gasteiger partial charge in [-0.15, -0.1) is 0 Å². The molecule has 1 aromatic carbocycles. The van der Waals surface area contributed by atoms with E-state index in [9.17, 15) is 4.79 Å². The number of rotatable bonds is 5. The molecule has 0 amide bonds. The van der Waals surface area contributed by atoms with Gasteiger partial charge < -0.3 is 14.2 Å². The van der Waals surface area contributed by atoms with Crippen LogP contribution in [-0.4, -0.2) is 37.5 Å². The monoisotopic (exact) mass is 440 g/mol. The molecule has 32 heavy (non-hydrogen) atoms. The van der Waals surface area contributed by atoms with Crippen molar-refractivity contribution in [2.75, 3.05) is 19.8 Å². The Morgan fingerprint density at radius 1 is 1.19 bits per heavy atom. The van der Waals surface area contributed by atoms with E-state index in [1.165, 1.54) is 12.8 Å². The fraction of sp³-hybridized carbons (Fsp3) is 0.750. The molecule has 1 heterocycles. The zero-order valence-electron chi connectivity index (χ0n) is 20.1. The van der Waals surface area contributed by atoms with E-state index in [1.807, 2.05) is 6.92 Å². The summed E-state index contributed by atoms with van der Waals surface area (Å²) in [4.78, 5) is 12.8. The summed E-state index contributed by atoms with van der Waals surface area (Å²) in [5.74, 6) is 2.46. The molecule has 5 rings (SSSR count). The second kappa shape index (κ2) is 8.76. The number of ether oxygens (including phenoxy) is 3. The average molecular weight is 441 g/mol. The van der Waals surface area contributed by atoms with E-state index in [4.69, 9.17) is 14.2 Å². The topological polar surface area (TPSA) is 44.8 Å². The number of esters is 1. The minimum Gasteiger partial charge on any atom is -0.466 e. The third kappa shape index (κ3) is 3.62. The van der Waals surface area contributed by atoms with Crippen LogP contribution in [-0.2, 0) is 25.4 Å². The molecule has 0 radical (unpaired) electrons. The summed E-state index contributed by atoms with van der Waals surface area (Å²) >= 11 is 0. The zero-order chi connectivity index (χ0) is 22.3. The predicted octanol–water partition coefficient (Wildman–Crippen LogP) is 5.68. The average Bonchev–Trinajstić information content (AvgIpc) is 3.06. The van der Waals surface area contributed by atoms with Gasteiger partial charge in [-0.1, -0.05) is 38.1 Å². The Kier molecular flexibility index (Phi) is 6.13. The number of hydrogen-bond donors (Lipinski definition) is 0. The minimum absolute atomic E-state index is 0.00107. The molecular weight excluding hydrogens is 400 g/mol. The number of fused-ring (bicyclic) bond motifs is 5. The van der Waals surface area contributed by atoms with Gasteiger partial charge in [0.2, 0.25) is 0 Å². The molecule has 2 saturated carbocycles. The molecule has 1 aromatic rings. The van der Waals surface area contributed by atoms with Crippen LogP contribution in [0.25, 0.3) is 0 Å². The van der Waals surface area contributed by atoms with Gasteiger partial charge in [-0.25, -0.2) is 0 Å². The summed E-state index contributed by atoms with van der Waals surface area (Å²) in [7, 11) is 0. The van der Waals surface area contributed by atoms with E-state index in [0.29, 0.717) is 43.3 Å². The molecule has 4 nitrogen and oxygen atoms in total.